The molecule has 0 aliphatic rings. The fraction of sp³-hybridized carbons (Fsp3) is 0.0833. The van der Waals surface area contributed by atoms with Crippen molar-refractivity contribution in [3.8, 4) is 0 Å². The number of aromatic amines is 1. The van der Waals surface area contributed by atoms with E-state index in [1.54, 1.807) is 0 Å². The van der Waals surface area contributed by atoms with E-state index in [4.69, 9.17) is 0 Å². The third-order valence-corrected chi connectivity index (χ3v) is 2.37. The number of H-pyrrole nitrogens is 1. The summed E-state index contributed by atoms with van der Waals surface area (Å²) in [5.74, 6) is -2.45. The van der Waals surface area contributed by atoms with Crippen molar-refractivity contribution in [3.63, 3.8) is 0 Å². The monoisotopic (exact) mass is 257 g/mol. The lowest BCUT2D eigenvalue weighted by Gasteiger charge is -1.99. The van der Waals surface area contributed by atoms with Gasteiger partial charge in [-0.2, -0.15) is 13.2 Å². The predicted molar refractivity (Wildman–Crippen MR) is 58.4 cm³/mol. The average Bonchev–Trinajstić information content (AvgIpc) is 2.67. The molecule has 0 aliphatic heterocycles. The minimum atomic E-state index is -4.89. The van der Waals surface area contributed by atoms with Gasteiger partial charge in [-0.3, -0.25) is 4.79 Å². The lowest BCUT2D eigenvalue weighted by atomic mass is 10.1. The quantitative estimate of drug-likeness (QED) is 0.648. The van der Waals surface area contributed by atoms with Gasteiger partial charge in [-0.15, -0.1) is 0 Å². The van der Waals surface area contributed by atoms with Gasteiger partial charge < -0.3 is 4.98 Å². The van der Waals surface area contributed by atoms with Crippen LogP contribution in [0.4, 0.5) is 17.6 Å². The number of fused-ring (bicyclic) bond motifs is 1. The van der Waals surface area contributed by atoms with E-state index in [9.17, 15) is 22.4 Å². The molecule has 0 fully saturated rings. The number of hydrogen-bond acceptors (Lipinski definition) is 1. The van der Waals surface area contributed by atoms with Crippen LogP contribution in [0, 0.1) is 5.82 Å². The van der Waals surface area contributed by atoms with Crippen molar-refractivity contribution in [2.24, 2.45) is 0 Å². The van der Waals surface area contributed by atoms with Crippen LogP contribution < -0.4 is 0 Å². The fourth-order valence-electron chi connectivity index (χ4n) is 1.51. The average molecular weight is 257 g/mol. The number of aromatic nitrogens is 1. The van der Waals surface area contributed by atoms with E-state index in [1.807, 2.05) is 0 Å². The Kier molecular flexibility index (Phi) is 2.94. The first-order valence-corrected chi connectivity index (χ1v) is 4.94. The highest BCUT2D eigenvalue weighted by Gasteiger charge is 2.35. The molecule has 0 spiro atoms. The summed E-state index contributed by atoms with van der Waals surface area (Å²) in [7, 11) is 0. The second-order valence-electron chi connectivity index (χ2n) is 3.63. The molecule has 1 aromatic heterocycles. The number of ketones is 1. The van der Waals surface area contributed by atoms with Crippen LogP contribution in [0.15, 0.2) is 30.5 Å². The number of hydrogen-bond donors (Lipinski definition) is 1. The van der Waals surface area contributed by atoms with Crippen LogP contribution in [0.1, 0.15) is 5.56 Å². The van der Waals surface area contributed by atoms with E-state index in [1.165, 1.54) is 24.4 Å². The van der Waals surface area contributed by atoms with Crippen LogP contribution in [0.2, 0.25) is 0 Å². The number of carbonyl (C=O) groups is 1. The molecular formula is C12H7F4NO. The third-order valence-electron chi connectivity index (χ3n) is 2.37. The van der Waals surface area contributed by atoms with Crippen molar-refractivity contribution < 1.29 is 22.4 Å². The van der Waals surface area contributed by atoms with Gasteiger partial charge in [0.05, 0.1) is 0 Å². The van der Waals surface area contributed by atoms with Gasteiger partial charge in [-0.25, -0.2) is 4.39 Å². The molecule has 0 unspecified atom stereocenters. The highest BCUT2D eigenvalue weighted by atomic mass is 19.4. The van der Waals surface area contributed by atoms with Crippen LogP contribution >= 0.6 is 0 Å². The van der Waals surface area contributed by atoms with Gasteiger partial charge >= 0.3 is 6.18 Å². The molecule has 0 atom stereocenters. The SMILES string of the molecule is O=C(/C=C/c1c[nH]c2ccc(F)cc12)C(F)(F)F. The molecule has 1 heterocycles. The number of rotatable bonds is 2. The second-order valence-corrected chi connectivity index (χ2v) is 3.63. The van der Waals surface area contributed by atoms with E-state index in [-0.39, 0.29) is 0 Å². The number of nitrogens with one attached hydrogen (secondary N) is 1. The summed E-state index contributed by atoms with van der Waals surface area (Å²) < 4.78 is 49.0. The summed E-state index contributed by atoms with van der Waals surface area (Å²) in [6.45, 7) is 0. The predicted octanol–water partition coefficient (Wildman–Crippen LogP) is 3.45. The molecule has 0 saturated carbocycles. The van der Waals surface area contributed by atoms with Gasteiger partial charge in [0.2, 0.25) is 0 Å². The summed E-state index contributed by atoms with van der Waals surface area (Å²) in [5, 5.41) is 0.418. The summed E-state index contributed by atoms with van der Waals surface area (Å²) in [4.78, 5) is 13.4. The lowest BCUT2D eigenvalue weighted by molar-refractivity contribution is -0.165. The largest absolute Gasteiger partial charge is 0.454 e. The van der Waals surface area contributed by atoms with Crippen molar-refractivity contribution in [3.05, 3.63) is 41.9 Å². The second kappa shape index (κ2) is 4.29. The molecule has 0 aliphatic carbocycles. The van der Waals surface area contributed by atoms with Gasteiger partial charge in [0.25, 0.3) is 5.78 Å². The van der Waals surface area contributed by atoms with Crippen LogP contribution in [0.3, 0.4) is 0 Å². The first-order valence-electron chi connectivity index (χ1n) is 4.94. The number of alkyl halides is 3. The van der Waals surface area contributed by atoms with Gasteiger partial charge in [0.1, 0.15) is 5.82 Å². The normalized spacial score (nSPS) is 12.4. The van der Waals surface area contributed by atoms with Crippen molar-refractivity contribution in [2.75, 3.05) is 0 Å². The molecule has 18 heavy (non-hydrogen) atoms. The molecular weight excluding hydrogens is 250 g/mol. The number of allylic oxidation sites excluding steroid dienone is 1. The Labute approximate surface area is 98.9 Å². The molecule has 0 radical (unpaired) electrons. The molecule has 2 nitrogen and oxygen atoms in total. The Morgan fingerprint density at radius 2 is 2.00 bits per heavy atom. The Balaban J connectivity index is 2.35. The molecule has 1 N–H and O–H groups in total. The lowest BCUT2D eigenvalue weighted by Crippen LogP contribution is -2.19. The Bertz CT molecular complexity index is 625. The minimum Gasteiger partial charge on any atom is -0.361 e. The van der Waals surface area contributed by atoms with E-state index in [2.05, 4.69) is 4.98 Å². The maximum absolute atomic E-state index is 13.0. The van der Waals surface area contributed by atoms with Crippen LogP contribution in [0.25, 0.3) is 17.0 Å². The topological polar surface area (TPSA) is 32.9 Å². The minimum absolute atomic E-state index is 0.321. The molecule has 0 saturated heterocycles. The standard InChI is InChI=1S/C12H7F4NO/c13-8-2-3-10-9(5-8)7(6-17-10)1-4-11(18)12(14,15)16/h1-6,17H/b4-1+. The molecule has 94 valence electrons. The molecule has 2 aromatic rings. The highest BCUT2D eigenvalue weighted by molar-refractivity contribution is 6.00. The van der Waals surface area contributed by atoms with Gasteiger partial charge in [-0.1, -0.05) is 0 Å². The summed E-state index contributed by atoms with van der Waals surface area (Å²) in [6.07, 6.45) is -2.06. The van der Waals surface area contributed by atoms with Crippen molar-refractivity contribution in [2.45, 2.75) is 6.18 Å². The van der Waals surface area contributed by atoms with Crippen LogP contribution in [-0.2, 0) is 4.79 Å². The zero-order valence-corrected chi connectivity index (χ0v) is 8.88. The van der Waals surface area contributed by atoms with E-state index in [0.29, 0.717) is 22.5 Å². The Morgan fingerprint density at radius 1 is 1.28 bits per heavy atom. The van der Waals surface area contributed by atoms with E-state index < -0.39 is 17.8 Å². The fourth-order valence-corrected chi connectivity index (χ4v) is 1.51. The molecule has 1 aromatic carbocycles. The van der Waals surface area contributed by atoms with E-state index >= 15 is 0 Å². The van der Waals surface area contributed by atoms with E-state index in [0.717, 1.165) is 6.08 Å². The molecule has 0 bridgehead atoms. The van der Waals surface area contributed by atoms with Crippen molar-refractivity contribution >= 4 is 22.8 Å². The number of carbonyl (C=O) groups excluding carboxylic acids is 1. The highest BCUT2D eigenvalue weighted by Crippen LogP contribution is 2.22. The smallest absolute Gasteiger partial charge is 0.361 e. The maximum atomic E-state index is 13.0. The summed E-state index contributed by atoms with van der Waals surface area (Å²) in [6, 6.07) is 3.88. The van der Waals surface area contributed by atoms with Gasteiger partial charge in [0.15, 0.2) is 0 Å². The van der Waals surface area contributed by atoms with Crippen molar-refractivity contribution in [1.82, 2.24) is 4.98 Å². The number of halogens is 4. The van der Waals surface area contributed by atoms with Crippen LogP contribution in [-0.4, -0.2) is 16.9 Å². The molecule has 2 rings (SSSR count). The molecule has 0 amide bonds. The third kappa shape index (κ3) is 2.42. The Hall–Kier alpha value is -2.11. The van der Waals surface area contributed by atoms with Crippen molar-refractivity contribution in [1.29, 1.82) is 0 Å². The first kappa shape index (κ1) is 12.3. The number of benzene rings is 1. The zero-order valence-electron chi connectivity index (χ0n) is 8.88. The summed E-state index contributed by atoms with van der Waals surface area (Å²) >= 11 is 0. The van der Waals surface area contributed by atoms with Crippen LogP contribution in [0.5, 0.6) is 0 Å². The van der Waals surface area contributed by atoms with Gasteiger partial charge in [0, 0.05) is 17.1 Å². The summed E-state index contributed by atoms with van der Waals surface area (Å²) in [5.41, 5.74) is 0.901. The zero-order chi connectivity index (χ0) is 13.3. The maximum Gasteiger partial charge on any atom is 0.454 e. The van der Waals surface area contributed by atoms with Gasteiger partial charge in [-0.05, 0) is 35.9 Å². The molecule has 6 heteroatoms. The Morgan fingerprint density at radius 3 is 2.67 bits per heavy atom. The first-order chi connectivity index (χ1) is 8.38.